The first-order chi connectivity index (χ1) is 14.7. The van der Waals surface area contributed by atoms with Crippen molar-refractivity contribution in [2.75, 3.05) is 29.9 Å². The number of anilines is 2. The van der Waals surface area contributed by atoms with Crippen LogP contribution in [0.3, 0.4) is 0 Å². The number of nitrogens with zero attached hydrogens (tertiary/aromatic N) is 4. The van der Waals surface area contributed by atoms with Gasteiger partial charge in [-0.15, -0.1) is 0 Å². The average Bonchev–Trinajstić information content (AvgIpc) is 2.76. The van der Waals surface area contributed by atoms with E-state index in [0.29, 0.717) is 0 Å². The topological polar surface area (TPSA) is 53.9 Å². The fraction of sp³-hybridized carbons (Fsp3) is 0.458. The third-order valence-corrected chi connectivity index (χ3v) is 5.90. The molecule has 1 fully saturated rings. The Morgan fingerprint density at radius 2 is 1.87 bits per heavy atom. The molecule has 5 nitrogen and oxygen atoms in total. The first-order valence-corrected chi connectivity index (χ1v) is 11.4. The Labute approximate surface area is 183 Å². The lowest BCUT2D eigenvalue weighted by Crippen LogP contribution is -2.31. The molecule has 1 saturated heterocycles. The summed E-state index contributed by atoms with van der Waals surface area (Å²) in [6.45, 7) is 5.20. The lowest BCUT2D eigenvalue weighted by molar-refractivity contribution is 0.566. The smallest absolute Gasteiger partial charge is 0.225 e. The van der Waals surface area contributed by atoms with Crippen molar-refractivity contribution in [3.8, 4) is 0 Å². The van der Waals surface area contributed by atoms with E-state index in [4.69, 9.17) is 16.6 Å². The molecule has 1 aliphatic heterocycles. The van der Waals surface area contributed by atoms with Gasteiger partial charge in [0.25, 0.3) is 0 Å². The van der Waals surface area contributed by atoms with Crippen molar-refractivity contribution >= 4 is 34.1 Å². The summed E-state index contributed by atoms with van der Waals surface area (Å²) in [7, 11) is 0. The van der Waals surface area contributed by atoms with Gasteiger partial charge in [0.15, 0.2) is 0 Å². The molecule has 30 heavy (non-hydrogen) atoms. The van der Waals surface area contributed by atoms with Crippen molar-refractivity contribution in [1.29, 1.82) is 0 Å². The normalized spacial score (nSPS) is 14.3. The van der Waals surface area contributed by atoms with Gasteiger partial charge in [-0.2, -0.15) is 0 Å². The maximum absolute atomic E-state index is 6.07. The Morgan fingerprint density at radius 1 is 1.00 bits per heavy atom. The quantitative estimate of drug-likeness (QED) is 0.464. The number of unbranched alkanes of at least 4 members (excludes halogenated alkanes) is 2. The van der Waals surface area contributed by atoms with Crippen LogP contribution in [0.1, 0.15) is 49.9 Å². The highest BCUT2D eigenvalue weighted by molar-refractivity contribution is 6.31. The predicted molar refractivity (Wildman–Crippen MR) is 126 cm³/mol. The van der Waals surface area contributed by atoms with Crippen molar-refractivity contribution in [2.24, 2.45) is 0 Å². The Bertz CT molecular complexity index is 984. The van der Waals surface area contributed by atoms with Crippen LogP contribution in [0.5, 0.6) is 0 Å². The number of halogens is 1. The van der Waals surface area contributed by atoms with E-state index in [9.17, 15) is 0 Å². The highest BCUT2D eigenvalue weighted by Crippen LogP contribution is 2.24. The standard InChI is InChI=1S/C24H30ClN5/c1-18-16-20(29-24(28-18)30-14-6-3-7-15-30)8-4-2-5-12-26-22-11-13-27-23-17-19(25)9-10-21(22)23/h9-11,13,16-17H,2-8,12,14-15H2,1H3,(H,26,27). The van der Waals surface area contributed by atoms with Gasteiger partial charge < -0.3 is 10.2 Å². The van der Waals surface area contributed by atoms with Crippen LogP contribution in [-0.2, 0) is 6.42 Å². The van der Waals surface area contributed by atoms with Crippen LogP contribution in [0.15, 0.2) is 36.5 Å². The van der Waals surface area contributed by atoms with Crippen LogP contribution in [0.4, 0.5) is 11.6 Å². The van der Waals surface area contributed by atoms with Crippen LogP contribution >= 0.6 is 11.6 Å². The average molecular weight is 424 g/mol. The first kappa shape index (κ1) is 20.9. The van der Waals surface area contributed by atoms with E-state index in [0.717, 1.165) is 72.2 Å². The van der Waals surface area contributed by atoms with Crippen molar-refractivity contribution in [3.63, 3.8) is 0 Å². The van der Waals surface area contributed by atoms with E-state index in [-0.39, 0.29) is 0 Å². The zero-order valence-corrected chi connectivity index (χ0v) is 18.5. The van der Waals surface area contributed by atoms with Crippen LogP contribution in [0.25, 0.3) is 10.9 Å². The minimum atomic E-state index is 0.718. The molecular formula is C24H30ClN5. The number of rotatable bonds is 8. The van der Waals surface area contributed by atoms with Gasteiger partial charge in [-0.25, -0.2) is 9.97 Å². The largest absolute Gasteiger partial charge is 0.384 e. The number of piperidine rings is 1. The number of pyridine rings is 1. The summed E-state index contributed by atoms with van der Waals surface area (Å²) >= 11 is 6.07. The second-order valence-corrected chi connectivity index (χ2v) is 8.54. The van der Waals surface area contributed by atoms with Crippen molar-refractivity contribution in [3.05, 3.63) is 52.9 Å². The van der Waals surface area contributed by atoms with Gasteiger partial charge in [-0.05, 0) is 75.8 Å². The van der Waals surface area contributed by atoms with Crippen molar-refractivity contribution in [1.82, 2.24) is 15.0 Å². The summed E-state index contributed by atoms with van der Waals surface area (Å²) in [5.41, 5.74) is 4.30. The third-order valence-electron chi connectivity index (χ3n) is 5.66. The maximum Gasteiger partial charge on any atom is 0.225 e. The zero-order valence-electron chi connectivity index (χ0n) is 17.7. The monoisotopic (exact) mass is 423 g/mol. The number of aryl methyl sites for hydroxylation is 2. The Morgan fingerprint density at radius 3 is 2.73 bits per heavy atom. The van der Waals surface area contributed by atoms with E-state index in [1.165, 1.54) is 31.4 Å². The second-order valence-electron chi connectivity index (χ2n) is 8.11. The van der Waals surface area contributed by atoms with Gasteiger partial charge in [0, 0.05) is 53.3 Å². The molecule has 0 radical (unpaired) electrons. The molecule has 4 rings (SSSR count). The van der Waals surface area contributed by atoms with Crippen LogP contribution in [0.2, 0.25) is 5.02 Å². The van der Waals surface area contributed by atoms with Gasteiger partial charge in [-0.1, -0.05) is 18.0 Å². The van der Waals surface area contributed by atoms with Gasteiger partial charge in [0.2, 0.25) is 5.95 Å². The molecule has 3 aromatic rings. The molecule has 0 atom stereocenters. The summed E-state index contributed by atoms with van der Waals surface area (Å²) in [6.07, 6.45) is 10.1. The number of benzene rings is 1. The molecule has 1 N–H and O–H groups in total. The highest BCUT2D eigenvalue weighted by Gasteiger charge is 2.14. The van der Waals surface area contributed by atoms with E-state index < -0.39 is 0 Å². The second kappa shape index (κ2) is 10.1. The molecule has 3 heterocycles. The Hall–Kier alpha value is -2.40. The number of aromatic nitrogens is 3. The lowest BCUT2D eigenvalue weighted by Gasteiger charge is -2.27. The fourth-order valence-corrected chi connectivity index (χ4v) is 4.25. The van der Waals surface area contributed by atoms with Gasteiger partial charge in [0.1, 0.15) is 0 Å². The number of hydrogen-bond acceptors (Lipinski definition) is 5. The molecule has 0 aliphatic carbocycles. The lowest BCUT2D eigenvalue weighted by atomic mass is 10.1. The third kappa shape index (κ3) is 5.39. The van der Waals surface area contributed by atoms with E-state index in [1.807, 2.05) is 30.5 Å². The summed E-state index contributed by atoms with van der Waals surface area (Å²) in [4.78, 5) is 16.3. The van der Waals surface area contributed by atoms with E-state index in [2.05, 4.69) is 33.2 Å². The van der Waals surface area contributed by atoms with Gasteiger partial charge in [0.05, 0.1) is 5.52 Å². The zero-order chi connectivity index (χ0) is 20.8. The minimum absolute atomic E-state index is 0.718. The van der Waals surface area contributed by atoms with Crippen LogP contribution in [-0.4, -0.2) is 34.6 Å². The summed E-state index contributed by atoms with van der Waals surface area (Å²) < 4.78 is 0. The molecule has 0 bridgehead atoms. The summed E-state index contributed by atoms with van der Waals surface area (Å²) in [5, 5.41) is 5.38. The van der Waals surface area contributed by atoms with Gasteiger partial charge >= 0.3 is 0 Å². The van der Waals surface area contributed by atoms with Crippen LogP contribution in [0, 0.1) is 6.92 Å². The molecule has 0 saturated carbocycles. The molecule has 0 unspecified atom stereocenters. The predicted octanol–water partition coefficient (Wildman–Crippen LogP) is 5.80. The summed E-state index contributed by atoms with van der Waals surface area (Å²) in [5.74, 6) is 0.927. The molecular weight excluding hydrogens is 394 g/mol. The highest BCUT2D eigenvalue weighted by atomic mass is 35.5. The first-order valence-electron chi connectivity index (χ1n) is 11.1. The number of fused-ring (bicyclic) bond motifs is 1. The maximum atomic E-state index is 6.07. The molecule has 2 aromatic heterocycles. The van der Waals surface area contributed by atoms with E-state index >= 15 is 0 Å². The Balaban J connectivity index is 1.24. The van der Waals surface area contributed by atoms with Crippen LogP contribution < -0.4 is 10.2 Å². The fourth-order valence-electron chi connectivity index (χ4n) is 4.09. The number of hydrogen-bond donors (Lipinski definition) is 1. The molecule has 0 amide bonds. The van der Waals surface area contributed by atoms with Crippen molar-refractivity contribution < 1.29 is 0 Å². The van der Waals surface area contributed by atoms with Crippen molar-refractivity contribution in [2.45, 2.75) is 51.9 Å². The Kier molecular flexibility index (Phi) is 7.00. The van der Waals surface area contributed by atoms with E-state index in [1.54, 1.807) is 0 Å². The molecule has 6 heteroatoms. The molecule has 158 valence electrons. The summed E-state index contributed by atoms with van der Waals surface area (Å²) in [6, 6.07) is 10.0. The van der Waals surface area contributed by atoms with Gasteiger partial charge in [-0.3, -0.25) is 4.98 Å². The SMILES string of the molecule is Cc1cc(CCCCCNc2ccnc3cc(Cl)ccc23)nc(N2CCCCC2)n1. The molecule has 1 aliphatic rings. The molecule has 1 aromatic carbocycles. The minimum Gasteiger partial charge on any atom is -0.384 e. The molecule has 0 spiro atoms. The number of nitrogens with one attached hydrogen (secondary N) is 1.